The van der Waals surface area contributed by atoms with E-state index in [0.29, 0.717) is 6.04 Å². The maximum Gasteiger partial charge on any atom is 0.133 e. The average molecular weight is 298 g/mol. The summed E-state index contributed by atoms with van der Waals surface area (Å²) < 4.78 is 6.72. The molecule has 0 radical (unpaired) electrons. The SMILES string of the molecule is CCCOc1ccc(C(NC)C2CC2)cc1Br. The largest absolute Gasteiger partial charge is 0.492 e. The molecule has 0 saturated heterocycles. The second-order valence-corrected chi connectivity index (χ2v) is 5.50. The zero-order valence-corrected chi connectivity index (χ0v) is 12.1. The summed E-state index contributed by atoms with van der Waals surface area (Å²) in [6.07, 6.45) is 3.73. The predicted octanol–water partition coefficient (Wildman–Crippen LogP) is 3.91. The highest BCUT2D eigenvalue weighted by Crippen LogP contribution is 2.42. The van der Waals surface area contributed by atoms with E-state index in [1.807, 2.05) is 7.05 Å². The normalized spacial score (nSPS) is 16.9. The maximum atomic E-state index is 5.66. The second-order valence-electron chi connectivity index (χ2n) is 4.64. The molecule has 0 heterocycles. The van der Waals surface area contributed by atoms with Crippen LogP contribution >= 0.6 is 15.9 Å². The van der Waals surface area contributed by atoms with E-state index in [0.717, 1.165) is 29.2 Å². The van der Waals surface area contributed by atoms with E-state index >= 15 is 0 Å². The van der Waals surface area contributed by atoms with Crippen molar-refractivity contribution < 1.29 is 4.74 Å². The number of benzene rings is 1. The number of ether oxygens (including phenoxy) is 1. The topological polar surface area (TPSA) is 21.3 Å². The molecule has 0 spiro atoms. The van der Waals surface area contributed by atoms with Gasteiger partial charge in [-0.15, -0.1) is 0 Å². The molecule has 1 saturated carbocycles. The molecule has 2 nitrogen and oxygen atoms in total. The fraction of sp³-hybridized carbons (Fsp3) is 0.571. The average Bonchev–Trinajstić information content (AvgIpc) is 3.13. The lowest BCUT2D eigenvalue weighted by Crippen LogP contribution is -2.18. The third-order valence-corrected chi connectivity index (χ3v) is 3.80. The van der Waals surface area contributed by atoms with Crippen molar-refractivity contribution in [1.29, 1.82) is 0 Å². The molecular weight excluding hydrogens is 278 g/mol. The molecule has 0 aliphatic heterocycles. The molecule has 1 aliphatic rings. The van der Waals surface area contributed by atoms with E-state index in [4.69, 9.17) is 4.74 Å². The quantitative estimate of drug-likeness (QED) is 0.860. The molecule has 1 aromatic rings. The van der Waals surface area contributed by atoms with Gasteiger partial charge in [0, 0.05) is 6.04 Å². The van der Waals surface area contributed by atoms with Gasteiger partial charge in [-0.05, 0) is 65.9 Å². The molecule has 0 aromatic heterocycles. The minimum Gasteiger partial charge on any atom is -0.492 e. The van der Waals surface area contributed by atoms with Gasteiger partial charge in [0.05, 0.1) is 11.1 Å². The summed E-state index contributed by atoms with van der Waals surface area (Å²) in [6, 6.07) is 6.92. The van der Waals surface area contributed by atoms with Crippen LogP contribution in [0, 0.1) is 5.92 Å². The van der Waals surface area contributed by atoms with Gasteiger partial charge < -0.3 is 10.1 Å². The lowest BCUT2D eigenvalue weighted by atomic mass is 10.0. The van der Waals surface area contributed by atoms with Gasteiger partial charge in [-0.1, -0.05) is 13.0 Å². The van der Waals surface area contributed by atoms with Crippen LogP contribution in [0.15, 0.2) is 22.7 Å². The molecule has 1 fully saturated rings. The number of nitrogens with one attached hydrogen (secondary N) is 1. The third-order valence-electron chi connectivity index (χ3n) is 3.18. The first-order chi connectivity index (χ1) is 8.26. The van der Waals surface area contributed by atoms with E-state index in [-0.39, 0.29) is 0 Å². The second kappa shape index (κ2) is 5.87. The van der Waals surface area contributed by atoms with Gasteiger partial charge in [-0.2, -0.15) is 0 Å². The highest BCUT2D eigenvalue weighted by atomic mass is 79.9. The van der Waals surface area contributed by atoms with Crippen LogP contribution in [0.5, 0.6) is 5.75 Å². The van der Waals surface area contributed by atoms with Crippen LogP contribution in [0.1, 0.15) is 37.8 Å². The van der Waals surface area contributed by atoms with Crippen LogP contribution in [0.3, 0.4) is 0 Å². The van der Waals surface area contributed by atoms with E-state index in [2.05, 4.69) is 46.4 Å². The maximum absolute atomic E-state index is 5.66. The molecule has 2 rings (SSSR count). The van der Waals surface area contributed by atoms with Gasteiger partial charge in [-0.3, -0.25) is 0 Å². The van der Waals surface area contributed by atoms with Crippen LogP contribution in [0.25, 0.3) is 0 Å². The summed E-state index contributed by atoms with van der Waals surface area (Å²) in [5, 5.41) is 3.41. The standard InChI is InChI=1S/C14H20BrNO/c1-3-8-17-13-7-6-11(9-12(13)15)14(16-2)10-4-5-10/h6-7,9-10,14,16H,3-5,8H2,1-2H3. The molecule has 17 heavy (non-hydrogen) atoms. The molecule has 1 atom stereocenters. The monoisotopic (exact) mass is 297 g/mol. The van der Waals surface area contributed by atoms with Crippen LogP contribution < -0.4 is 10.1 Å². The van der Waals surface area contributed by atoms with E-state index < -0.39 is 0 Å². The van der Waals surface area contributed by atoms with Gasteiger partial charge in [0.25, 0.3) is 0 Å². The molecule has 1 aromatic carbocycles. The lowest BCUT2D eigenvalue weighted by molar-refractivity contribution is 0.315. The van der Waals surface area contributed by atoms with Gasteiger partial charge in [0.1, 0.15) is 5.75 Å². The number of hydrogen-bond donors (Lipinski definition) is 1. The van der Waals surface area contributed by atoms with Crippen molar-refractivity contribution in [2.24, 2.45) is 5.92 Å². The Bertz CT molecular complexity index is 376. The van der Waals surface area contributed by atoms with Crippen molar-refractivity contribution in [3.05, 3.63) is 28.2 Å². The van der Waals surface area contributed by atoms with Crippen molar-refractivity contribution in [2.75, 3.05) is 13.7 Å². The van der Waals surface area contributed by atoms with Crippen molar-refractivity contribution in [3.8, 4) is 5.75 Å². The van der Waals surface area contributed by atoms with E-state index in [1.165, 1.54) is 18.4 Å². The third kappa shape index (κ3) is 3.23. The van der Waals surface area contributed by atoms with Crippen molar-refractivity contribution in [2.45, 2.75) is 32.2 Å². The lowest BCUT2D eigenvalue weighted by Gasteiger charge is -2.17. The fourth-order valence-electron chi connectivity index (χ4n) is 2.14. The molecule has 3 heteroatoms. The predicted molar refractivity (Wildman–Crippen MR) is 74.5 cm³/mol. The van der Waals surface area contributed by atoms with Gasteiger partial charge in [-0.25, -0.2) is 0 Å². The smallest absolute Gasteiger partial charge is 0.133 e. The minimum atomic E-state index is 0.492. The van der Waals surface area contributed by atoms with Gasteiger partial charge >= 0.3 is 0 Å². The molecule has 1 N–H and O–H groups in total. The Morgan fingerprint density at radius 2 is 2.24 bits per heavy atom. The number of halogens is 1. The summed E-state index contributed by atoms with van der Waals surface area (Å²) in [5.41, 5.74) is 1.35. The van der Waals surface area contributed by atoms with Crippen molar-refractivity contribution >= 4 is 15.9 Å². The van der Waals surface area contributed by atoms with Crippen LogP contribution in [-0.4, -0.2) is 13.7 Å². The molecule has 94 valence electrons. The molecule has 0 bridgehead atoms. The highest BCUT2D eigenvalue weighted by Gasteiger charge is 2.31. The summed E-state index contributed by atoms with van der Waals surface area (Å²) in [6.45, 7) is 2.89. The van der Waals surface area contributed by atoms with E-state index in [1.54, 1.807) is 0 Å². The number of hydrogen-bond acceptors (Lipinski definition) is 2. The van der Waals surface area contributed by atoms with Gasteiger partial charge in [0.15, 0.2) is 0 Å². The van der Waals surface area contributed by atoms with E-state index in [9.17, 15) is 0 Å². The van der Waals surface area contributed by atoms with Crippen LogP contribution in [0.4, 0.5) is 0 Å². The first-order valence-corrected chi connectivity index (χ1v) is 7.15. The zero-order valence-electron chi connectivity index (χ0n) is 10.5. The Kier molecular flexibility index (Phi) is 4.46. The summed E-state index contributed by atoms with van der Waals surface area (Å²) in [7, 11) is 2.04. The molecule has 1 unspecified atom stereocenters. The fourth-order valence-corrected chi connectivity index (χ4v) is 2.65. The first kappa shape index (κ1) is 12.9. The Morgan fingerprint density at radius 3 is 2.76 bits per heavy atom. The summed E-state index contributed by atoms with van der Waals surface area (Å²) >= 11 is 3.59. The molecule has 1 aliphatic carbocycles. The van der Waals surface area contributed by atoms with Crippen molar-refractivity contribution in [1.82, 2.24) is 5.32 Å². The van der Waals surface area contributed by atoms with Gasteiger partial charge in [0.2, 0.25) is 0 Å². The summed E-state index contributed by atoms with van der Waals surface area (Å²) in [5.74, 6) is 1.76. The molecule has 0 amide bonds. The van der Waals surface area contributed by atoms with Crippen molar-refractivity contribution in [3.63, 3.8) is 0 Å². The zero-order chi connectivity index (χ0) is 12.3. The molecular formula is C14H20BrNO. The number of rotatable bonds is 6. The Balaban J connectivity index is 2.11. The summed E-state index contributed by atoms with van der Waals surface area (Å²) in [4.78, 5) is 0. The van der Waals surface area contributed by atoms with Crippen LogP contribution in [0.2, 0.25) is 0 Å². The Morgan fingerprint density at radius 1 is 1.47 bits per heavy atom. The highest BCUT2D eigenvalue weighted by molar-refractivity contribution is 9.10. The first-order valence-electron chi connectivity index (χ1n) is 6.35. The Hall–Kier alpha value is -0.540. The Labute approximate surface area is 112 Å². The van der Waals surface area contributed by atoms with Crippen LogP contribution in [-0.2, 0) is 0 Å². The minimum absolute atomic E-state index is 0.492.